The van der Waals surface area contributed by atoms with E-state index in [1.807, 2.05) is 18.2 Å². The Morgan fingerprint density at radius 3 is 2.63 bits per heavy atom. The summed E-state index contributed by atoms with van der Waals surface area (Å²) in [5.74, 6) is -0.274. The van der Waals surface area contributed by atoms with Gasteiger partial charge in [-0.2, -0.15) is 0 Å². The van der Waals surface area contributed by atoms with Crippen molar-refractivity contribution in [3.8, 4) is 0 Å². The number of carbonyl (C=O) groups is 1. The van der Waals surface area contributed by atoms with Crippen LogP contribution < -0.4 is 5.32 Å². The van der Waals surface area contributed by atoms with Crippen molar-refractivity contribution in [2.45, 2.75) is 19.4 Å². The summed E-state index contributed by atoms with van der Waals surface area (Å²) in [6.45, 7) is 3.76. The molecule has 0 unspecified atom stereocenters. The lowest BCUT2D eigenvalue weighted by Crippen LogP contribution is -2.62. The molecule has 2 fully saturated rings. The molecule has 2 aromatic carbocycles. The van der Waals surface area contributed by atoms with Crippen molar-refractivity contribution in [2.75, 3.05) is 19.6 Å². The van der Waals surface area contributed by atoms with Crippen molar-refractivity contribution < 1.29 is 9.18 Å². The summed E-state index contributed by atoms with van der Waals surface area (Å²) in [6, 6.07) is 11.9. The fourth-order valence-electron chi connectivity index (χ4n) is 4.50. The maximum atomic E-state index is 13.4. The maximum absolute atomic E-state index is 13.4. The molecule has 1 N–H and O–H groups in total. The van der Waals surface area contributed by atoms with Crippen molar-refractivity contribution in [1.29, 1.82) is 0 Å². The smallest absolute Gasteiger partial charge is 0.251 e. The van der Waals surface area contributed by atoms with Gasteiger partial charge in [-0.05, 0) is 60.1 Å². The molecule has 2 aliphatic rings. The molecule has 1 saturated carbocycles. The minimum absolute atomic E-state index is 0.233. The van der Waals surface area contributed by atoms with E-state index < -0.39 is 5.82 Å². The molecule has 1 spiro atoms. The van der Waals surface area contributed by atoms with E-state index in [1.165, 1.54) is 23.8 Å². The summed E-state index contributed by atoms with van der Waals surface area (Å²) in [7, 11) is 0. The number of carbonyl (C=O) groups excluding carboxylic acids is 1. The van der Waals surface area contributed by atoms with E-state index in [2.05, 4.69) is 16.3 Å². The number of benzene rings is 2. The predicted octanol–water partition coefficient (Wildman–Crippen LogP) is 4.77. The number of rotatable bonds is 5. The minimum atomic E-state index is -0.496. The predicted molar refractivity (Wildman–Crippen MR) is 106 cm³/mol. The van der Waals surface area contributed by atoms with Crippen molar-refractivity contribution in [3.63, 3.8) is 0 Å². The number of halogens is 3. The van der Waals surface area contributed by atoms with Gasteiger partial charge in [0.05, 0.1) is 0 Å². The van der Waals surface area contributed by atoms with Gasteiger partial charge in [0, 0.05) is 41.8 Å². The minimum Gasteiger partial charge on any atom is -0.352 e. The molecule has 1 aliphatic heterocycles. The van der Waals surface area contributed by atoms with Gasteiger partial charge in [-0.3, -0.25) is 9.69 Å². The third kappa shape index (κ3) is 4.29. The number of nitrogens with zero attached hydrogens (tertiary/aromatic N) is 1. The molecule has 1 heterocycles. The third-order valence-corrected chi connectivity index (χ3v) is 5.99. The summed E-state index contributed by atoms with van der Waals surface area (Å²) in [5.41, 5.74) is 1.93. The van der Waals surface area contributed by atoms with Crippen LogP contribution in [0.5, 0.6) is 0 Å². The van der Waals surface area contributed by atoms with Crippen molar-refractivity contribution in [3.05, 3.63) is 69.5 Å². The normalized spacial score (nSPS) is 18.8. The van der Waals surface area contributed by atoms with Crippen LogP contribution >= 0.6 is 23.2 Å². The van der Waals surface area contributed by atoms with Crippen LogP contribution in [-0.2, 0) is 6.54 Å². The van der Waals surface area contributed by atoms with Gasteiger partial charge >= 0.3 is 0 Å². The summed E-state index contributed by atoms with van der Waals surface area (Å²) in [4.78, 5) is 14.6. The fourth-order valence-corrected chi connectivity index (χ4v) is 4.93. The first kappa shape index (κ1) is 18.7. The van der Waals surface area contributed by atoms with Crippen LogP contribution in [0, 0.1) is 17.2 Å². The van der Waals surface area contributed by atoms with Crippen LogP contribution in [0.3, 0.4) is 0 Å². The lowest BCUT2D eigenvalue weighted by molar-refractivity contribution is -0.0967. The van der Waals surface area contributed by atoms with Crippen LogP contribution in [-0.4, -0.2) is 30.4 Å². The van der Waals surface area contributed by atoms with E-state index in [9.17, 15) is 9.18 Å². The van der Waals surface area contributed by atoms with E-state index in [0.29, 0.717) is 17.9 Å². The van der Waals surface area contributed by atoms with Crippen LogP contribution in [0.2, 0.25) is 10.0 Å². The van der Waals surface area contributed by atoms with Gasteiger partial charge < -0.3 is 5.32 Å². The molecule has 4 rings (SSSR count). The first-order valence-electron chi connectivity index (χ1n) is 9.12. The molecule has 27 heavy (non-hydrogen) atoms. The van der Waals surface area contributed by atoms with Crippen LogP contribution in [0.1, 0.15) is 28.8 Å². The van der Waals surface area contributed by atoms with Gasteiger partial charge in [0.1, 0.15) is 5.82 Å². The zero-order valence-corrected chi connectivity index (χ0v) is 16.4. The molecule has 0 radical (unpaired) electrons. The molecule has 2 aromatic rings. The molecule has 6 heteroatoms. The van der Waals surface area contributed by atoms with Crippen LogP contribution in [0.15, 0.2) is 42.5 Å². The molecule has 0 atom stereocenters. The highest BCUT2D eigenvalue weighted by Crippen LogP contribution is 2.51. The highest BCUT2D eigenvalue weighted by molar-refractivity contribution is 6.31. The molecule has 0 aromatic heterocycles. The van der Waals surface area contributed by atoms with E-state index in [0.717, 1.165) is 37.5 Å². The Kier molecular flexibility index (Phi) is 5.15. The van der Waals surface area contributed by atoms with Gasteiger partial charge in [-0.25, -0.2) is 4.39 Å². The first-order valence-corrected chi connectivity index (χ1v) is 9.88. The lowest BCUT2D eigenvalue weighted by atomic mass is 9.57. The molecule has 1 saturated heterocycles. The quantitative estimate of drug-likeness (QED) is 0.774. The number of hydrogen-bond donors (Lipinski definition) is 1. The highest BCUT2D eigenvalue weighted by atomic mass is 35.5. The van der Waals surface area contributed by atoms with Crippen molar-refractivity contribution in [1.82, 2.24) is 10.2 Å². The second-order valence-electron chi connectivity index (χ2n) is 7.92. The van der Waals surface area contributed by atoms with Gasteiger partial charge in [0.2, 0.25) is 0 Å². The van der Waals surface area contributed by atoms with Crippen molar-refractivity contribution in [2.24, 2.45) is 11.3 Å². The second kappa shape index (κ2) is 7.42. The zero-order valence-electron chi connectivity index (χ0n) is 14.9. The van der Waals surface area contributed by atoms with Crippen LogP contribution in [0.25, 0.3) is 0 Å². The number of nitrogens with one attached hydrogen (secondary N) is 1. The number of likely N-dealkylation sites (tertiary alicyclic amines) is 1. The Balaban J connectivity index is 1.20. The van der Waals surface area contributed by atoms with Gasteiger partial charge in [0.25, 0.3) is 5.91 Å². The first-order chi connectivity index (χ1) is 12.9. The average Bonchev–Trinajstić information content (AvgIpc) is 2.53. The largest absolute Gasteiger partial charge is 0.352 e. The number of amides is 1. The molecule has 0 bridgehead atoms. The summed E-state index contributed by atoms with van der Waals surface area (Å²) in [5, 5.41) is 3.92. The topological polar surface area (TPSA) is 32.3 Å². The van der Waals surface area contributed by atoms with Gasteiger partial charge in [-0.15, -0.1) is 0 Å². The zero-order chi connectivity index (χ0) is 19.0. The second-order valence-corrected chi connectivity index (χ2v) is 8.79. The molecule has 3 nitrogen and oxygen atoms in total. The molecule has 1 amide bonds. The third-order valence-electron chi connectivity index (χ3n) is 5.53. The molecule has 1 aliphatic carbocycles. The Hall–Kier alpha value is -1.62. The Labute approximate surface area is 168 Å². The van der Waals surface area contributed by atoms with Crippen molar-refractivity contribution >= 4 is 29.1 Å². The summed E-state index contributed by atoms with van der Waals surface area (Å²) in [6.07, 6.45) is 2.26. The lowest BCUT2D eigenvalue weighted by Gasteiger charge is -2.59. The summed E-state index contributed by atoms with van der Waals surface area (Å²) >= 11 is 11.9. The highest BCUT2D eigenvalue weighted by Gasteiger charge is 2.51. The monoisotopic (exact) mass is 406 g/mol. The standard InChI is InChI=1S/C21H21Cl2FN2O/c22-17-3-1-2-14(4-17)11-26-12-21(13-26)8-15(9-21)10-25-20(27)16-5-18(23)7-19(24)6-16/h1-7,15H,8-13H2,(H,25,27). The van der Waals surface area contributed by atoms with Gasteiger partial charge in [-0.1, -0.05) is 35.3 Å². The Bertz CT molecular complexity index is 839. The molecule has 142 valence electrons. The fraction of sp³-hybridized carbons (Fsp3) is 0.381. The summed E-state index contributed by atoms with van der Waals surface area (Å²) < 4.78 is 13.4. The van der Waals surface area contributed by atoms with E-state index in [-0.39, 0.29) is 16.5 Å². The maximum Gasteiger partial charge on any atom is 0.251 e. The SMILES string of the molecule is O=C(NCC1CC2(C1)CN(Cc1cccc(Cl)c1)C2)c1cc(F)cc(Cl)c1. The number of hydrogen-bond acceptors (Lipinski definition) is 2. The van der Waals surface area contributed by atoms with Gasteiger partial charge in [0.15, 0.2) is 0 Å². The van der Waals surface area contributed by atoms with Crippen LogP contribution in [0.4, 0.5) is 4.39 Å². The average molecular weight is 407 g/mol. The Morgan fingerprint density at radius 2 is 1.93 bits per heavy atom. The van der Waals surface area contributed by atoms with E-state index >= 15 is 0 Å². The van der Waals surface area contributed by atoms with E-state index in [1.54, 1.807) is 0 Å². The Morgan fingerprint density at radius 1 is 1.15 bits per heavy atom. The molecular weight excluding hydrogens is 386 g/mol. The molecular formula is C21H21Cl2FN2O. The van der Waals surface area contributed by atoms with E-state index in [4.69, 9.17) is 23.2 Å².